The van der Waals surface area contributed by atoms with Crippen molar-refractivity contribution in [2.45, 2.75) is 51.9 Å². The van der Waals surface area contributed by atoms with Gasteiger partial charge in [-0.1, -0.05) is 79.3 Å². The molecule has 208 valence electrons. The third kappa shape index (κ3) is 5.15. The molecule has 8 heteroatoms. The van der Waals surface area contributed by atoms with E-state index < -0.39 is 6.04 Å². The first-order valence-corrected chi connectivity index (χ1v) is 15.0. The highest BCUT2D eigenvalue weighted by Crippen LogP contribution is 2.40. The summed E-state index contributed by atoms with van der Waals surface area (Å²) in [7, 11) is 0. The Balaban J connectivity index is 1.49. The maximum Gasteiger partial charge on any atom is 0.255 e. The van der Waals surface area contributed by atoms with Gasteiger partial charge in [0.15, 0.2) is 0 Å². The third-order valence-corrected chi connectivity index (χ3v) is 8.72. The maximum absolute atomic E-state index is 14.2. The van der Waals surface area contributed by atoms with Crippen molar-refractivity contribution < 1.29 is 4.79 Å². The number of aryl methyl sites for hydroxylation is 1. The lowest BCUT2D eigenvalue weighted by molar-refractivity contribution is -0.113. The summed E-state index contributed by atoms with van der Waals surface area (Å²) in [5.41, 5.74) is 7.72. The second kappa shape index (κ2) is 11.3. The van der Waals surface area contributed by atoms with Crippen molar-refractivity contribution in [1.29, 1.82) is 0 Å². The Morgan fingerprint density at radius 1 is 1.00 bits per heavy atom. The molecular formula is C33H34N6OS. The molecule has 3 aromatic carbocycles. The molecule has 0 radical (unpaired) electrons. The van der Waals surface area contributed by atoms with Crippen molar-refractivity contribution in [3.8, 4) is 0 Å². The van der Waals surface area contributed by atoms with Gasteiger partial charge in [-0.15, -0.1) is 5.10 Å². The number of fused-ring (bicyclic) bond motifs is 2. The molecule has 1 amide bonds. The average Bonchev–Trinajstić information content (AvgIpc) is 3.55. The summed E-state index contributed by atoms with van der Waals surface area (Å²) in [6.07, 6.45) is 3.20. The summed E-state index contributed by atoms with van der Waals surface area (Å²) in [5, 5.41) is 13.3. The zero-order valence-electron chi connectivity index (χ0n) is 23.8. The number of rotatable bonds is 8. The second-order valence-electron chi connectivity index (χ2n) is 10.5. The number of hydrogen-bond acceptors (Lipinski definition) is 5. The van der Waals surface area contributed by atoms with Crippen molar-refractivity contribution in [3.05, 3.63) is 113 Å². The summed E-state index contributed by atoms with van der Waals surface area (Å²) < 4.78 is 4.15. The van der Waals surface area contributed by atoms with Crippen LogP contribution in [0.5, 0.6) is 0 Å². The topological polar surface area (TPSA) is 76.8 Å². The number of nitrogens with one attached hydrogen (secondary N) is 2. The van der Waals surface area contributed by atoms with Crippen molar-refractivity contribution in [3.63, 3.8) is 0 Å². The van der Waals surface area contributed by atoms with Crippen LogP contribution < -0.4 is 10.6 Å². The molecule has 5 aromatic rings. The Hall–Kier alpha value is -4.30. The fraction of sp³-hybridized carbons (Fsp3) is 0.242. The first-order valence-electron chi connectivity index (χ1n) is 14.0. The van der Waals surface area contributed by atoms with Crippen molar-refractivity contribution in [2.24, 2.45) is 0 Å². The molecule has 0 fully saturated rings. The molecule has 1 atom stereocenters. The van der Waals surface area contributed by atoms with E-state index in [0.29, 0.717) is 16.7 Å². The lowest BCUT2D eigenvalue weighted by Gasteiger charge is -2.28. The first kappa shape index (κ1) is 26.9. The number of thioether (sulfide) groups is 1. The van der Waals surface area contributed by atoms with E-state index in [1.54, 1.807) is 11.8 Å². The molecule has 7 nitrogen and oxygen atoms in total. The largest absolute Gasteiger partial charge is 0.343 e. The minimum Gasteiger partial charge on any atom is -0.343 e. The molecular weight excluding hydrogens is 528 g/mol. The molecule has 2 N–H and O–H groups in total. The molecule has 0 aliphatic carbocycles. The molecule has 6 rings (SSSR count). The number of carbonyl (C=O) groups is 1. The van der Waals surface area contributed by atoms with E-state index in [1.165, 1.54) is 5.56 Å². The SMILES string of the molecule is CCCSc1nc2n(n1)C(c1cn(Cc3ccccc3)c3ccccc13)C(C(=O)Nc1cccc(C)c1C)=C(C)N2. The van der Waals surface area contributed by atoms with Gasteiger partial charge < -0.3 is 15.2 Å². The van der Waals surface area contributed by atoms with E-state index >= 15 is 0 Å². The van der Waals surface area contributed by atoms with Crippen LogP contribution in [0.2, 0.25) is 0 Å². The van der Waals surface area contributed by atoms with Gasteiger partial charge in [0.2, 0.25) is 11.1 Å². The van der Waals surface area contributed by atoms with E-state index in [9.17, 15) is 4.79 Å². The van der Waals surface area contributed by atoms with E-state index in [1.807, 2.05) is 36.7 Å². The van der Waals surface area contributed by atoms with Crippen LogP contribution in [0, 0.1) is 13.8 Å². The minimum atomic E-state index is -0.457. The third-order valence-electron chi connectivity index (χ3n) is 7.68. The number of amides is 1. The molecule has 2 aromatic heterocycles. The smallest absolute Gasteiger partial charge is 0.255 e. The normalized spacial score (nSPS) is 14.7. The number of anilines is 2. The average molecular weight is 563 g/mol. The molecule has 41 heavy (non-hydrogen) atoms. The summed E-state index contributed by atoms with van der Waals surface area (Å²) in [5.74, 6) is 1.42. The summed E-state index contributed by atoms with van der Waals surface area (Å²) in [4.78, 5) is 19.0. The number of benzene rings is 3. The van der Waals surface area contributed by atoms with Crippen LogP contribution in [0.1, 0.15) is 48.6 Å². The molecule has 1 unspecified atom stereocenters. The Morgan fingerprint density at radius 2 is 1.78 bits per heavy atom. The van der Waals surface area contributed by atoms with Gasteiger partial charge >= 0.3 is 0 Å². The number of hydrogen-bond donors (Lipinski definition) is 2. The predicted octanol–water partition coefficient (Wildman–Crippen LogP) is 7.33. The highest BCUT2D eigenvalue weighted by Gasteiger charge is 2.36. The van der Waals surface area contributed by atoms with Gasteiger partial charge in [0, 0.05) is 46.3 Å². The molecule has 3 heterocycles. The Bertz CT molecular complexity index is 1770. The fourth-order valence-electron chi connectivity index (χ4n) is 5.45. The number of allylic oxidation sites excluding steroid dienone is 1. The van der Waals surface area contributed by atoms with E-state index in [-0.39, 0.29) is 5.91 Å². The van der Waals surface area contributed by atoms with Gasteiger partial charge in [-0.3, -0.25) is 4.79 Å². The zero-order valence-corrected chi connectivity index (χ0v) is 24.6. The Morgan fingerprint density at radius 3 is 2.59 bits per heavy atom. The van der Waals surface area contributed by atoms with Gasteiger partial charge in [0.1, 0.15) is 6.04 Å². The molecule has 1 aliphatic rings. The Kier molecular flexibility index (Phi) is 7.41. The molecule has 0 saturated heterocycles. The highest BCUT2D eigenvalue weighted by molar-refractivity contribution is 7.99. The number of nitrogens with zero attached hydrogens (tertiary/aromatic N) is 4. The van der Waals surface area contributed by atoms with Crippen LogP contribution in [-0.4, -0.2) is 31.0 Å². The van der Waals surface area contributed by atoms with E-state index in [0.717, 1.165) is 57.7 Å². The van der Waals surface area contributed by atoms with Gasteiger partial charge in [0.25, 0.3) is 5.91 Å². The number of para-hydroxylation sites is 1. The number of carbonyl (C=O) groups excluding carboxylic acids is 1. The lowest BCUT2D eigenvalue weighted by Crippen LogP contribution is -2.31. The van der Waals surface area contributed by atoms with Crippen LogP contribution >= 0.6 is 11.8 Å². The van der Waals surface area contributed by atoms with Crippen LogP contribution in [0.15, 0.2) is 95.4 Å². The van der Waals surface area contributed by atoms with Crippen molar-refractivity contribution in [1.82, 2.24) is 19.3 Å². The Labute approximate surface area is 244 Å². The van der Waals surface area contributed by atoms with Crippen molar-refractivity contribution in [2.75, 3.05) is 16.4 Å². The van der Waals surface area contributed by atoms with Crippen LogP contribution in [0.3, 0.4) is 0 Å². The second-order valence-corrected chi connectivity index (χ2v) is 11.6. The molecule has 0 spiro atoms. The molecule has 0 saturated carbocycles. The molecule has 0 bridgehead atoms. The minimum absolute atomic E-state index is 0.155. The standard InChI is InChI=1S/C33H34N6OS/c1-5-18-41-33-36-32-34-23(4)29(31(40)35-27-16-11-12-21(2)22(27)3)30(39(32)37-33)26-20-38(19-24-13-7-6-8-14-24)28-17-10-9-15-25(26)28/h6-17,20,30H,5,18-19H2,1-4H3,(H,35,40)(H,34,36,37). The summed E-state index contributed by atoms with van der Waals surface area (Å²) in [6, 6.07) is 24.3. The van der Waals surface area contributed by atoms with Crippen LogP contribution in [0.4, 0.5) is 11.6 Å². The predicted molar refractivity (Wildman–Crippen MR) is 168 cm³/mol. The van der Waals surface area contributed by atoms with Gasteiger partial charge in [-0.05, 0) is 56.0 Å². The van der Waals surface area contributed by atoms with Gasteiger partial charge in [-0.2, -0.15) is 4.98 Å². The summed E-state index contributed by atoms with van der Waals surface area (Å²) in [6.45, 7) is 8.91. The van der Waals surface area contributed by atoms with Crippen molar-refractivity contribution >= 4 is 40.2 Å². The maximum atomic E-state index is 14.2. The zero-order chi connectivity index (χ0) is 28.5. The highest BCUT2D eigenvalue weighted by atomic mass is 32.2. The quantitative estimate of drug-likeness (QED) is 0.194. The fourth-order valence-corrected chi connectivity index (χ4v) is 6.13. The monoisotopic (exact) mass is 562 g/mol. The first-order chi connectivity index (χ1) is 19.9. The van der Waals surface area contributed by atoms with Crippen LogP contribution in [0.25, 0.3) is 10.9 Å². The van der Waals surface area contributed by atoms with Gasteiger partial charge in [0.05, 0.1) is 5.57 Å². The van der Waals surface area contributed by atoms with Crippen LogP contribution in [-0.2, 0) is 11.3 Å². The van der Waals surface area contributed by atoms with Gasteiger partial charge in [-0.25, -0.2) is 4.68 Å². The summed E-state index contributed by atoms with van der Waals surface area (Å²) >= 11 is 1.63. The van der Waals surface area contributed by atoms with E-state index in [4.69, 9.17) is 10.1 Å². The van der Waals surface area contributed by atoms with E-state index in [2.05, 4.69) is 89.8 Å². The lowest BCUT2D eigenvalue weighted by atomic mass is 9.94. The number of aromatic nitrogens is 4. The molecule has 1 aliphatic heterocycles.